The summed E-state index contributed by atoms with van der Waals surface area (Å²) in [5, 5.41) is 14.9. The second-order valence-corrected chi connectivity index (χ2v) is 3.68. The van der Waals surface area contributed by atoms with Crippen molar-refractivity contribution in [3.63, 3.8) is 0 Å². The minimum atomic E-state index is -0.128. The lowest BCUT2D eigenvalue weighted by atomic mass is 10.1. The van der Waals surface area contributed by atoms with Crippen molar-refractivity contribution < 1.29 is 5.21 Å². The van der Waals surface area contributed by atoms with Gasteiger partial charge in [-0.25, -0.2) is 0 Å². The molecule has 0 saturated carbocycles. The smallest absolute Gasteiger partial charge is 0.161 e. The molecule has 1 atom stereocenters. The van der Waals surface area contributed by atoms with Crippen LogP contribution >= 0.6 is 0 Å². The Labute approximate surface area is 96.2 Å². The first kappa shape index (κ1) is 12.4. The van der Waals surface area contributed by atoms with E-state index >= 15 is 0 Å². The van der Waals surface area contributed by atoms with Crippen LogP contribution in [0.3, 0.4) is 0 Å². The van der Waals surface area contributed by atoms with Crippen molar-refractivity contribution in [2.45, 2.75) is 32.7 Å². The van der Waals surface area contributed by atoms with E-state index in [1.807, 2.05) is 19.1 Å². The second kappa shape index (κ2) is 6.00. The lowest BCUT2D eigenvalue weighted by molar-refractivity contribution is 0.316. The van der Waals surface area contributed by atoms with E-state index in [4.69, 9.17) is 10.9 Å². The predicted octanol–water partition coefficient (Wildman–Crippen LogP) is 2.19. The summed E-state index contributed by atoms with van der Waals surface area (Å²) in [4.78, 5) is 0. The maximum absolute atomic E-state index is 8.64. The van der Waals surface area contributed by atoms with E-state index in [0.29, 0.717) is 0 Å². The average molecular weight is 221 g/mol. The fourth-order valence-electron chi connectivity index (χ4n) is 1.54. The Morgan fingerprint density at radius 1 is 1.50 bits per heavy atom. The zero-order chi connectivity index (χ0) is 12.0. The minimum absolute atomic E-state index is 0.128. The number of nitrogens with zero attached hydrogens (tertiary/aromatic N) is 1. The van der Waals surface area contributed by atoms with Gasteiger partial charge in [0.15, 0.2) is 5.84 Å². The lowest BCUT2D eigenvalue weighted by Gasteiger charge is -2.17. The molecule has 0 saturated heterocycles. The molecule has 0 heterocycles. The molecule has 4 N–H and O–H groups in total. The SMILES string of the molecule is CCc1cccc(NC(CC)C(N)=NO)c1. The van der Waals surface area contributed by atoms with E-state index in [9.17, 15) is 0 Å². The monoisotopic (exact) mass is 221 g/mol. The number of aryl methyl sites for hydroxylation is 1. The summed E-state index contributed by atoms with van der Waals surface area (Å²) >= 11 is 0. The van der Waals surface area contributed by atoms with Crippen LogP contribution in [0.2, 0.25) is 0 Å². The number of amidine groups is 1. The van der Waals surface area contributed by atoms with Crippen LogP contribution in [0.5, 0.6) is 0 Å². The first-order valence-corrected chi connectivity index (χ1v) is 5.54. The molecule has 1 unspecified atom stereocenters. The summed E-state index contributed by atoms with van der Waals surface area (Å²) < 4.78 is 0. The van der Waals surface area contributed by atoms with Crippen LogP contribution in [0.25, 0.3) is 0 Å². The number of oxime groups is 1. The van der Waals surface area contributed by atoms with Crippen LogP contribution in [0, 0.1) is 0 Å². The van der Waals surface area contributed by atoms with Crippen molar-refractivity contribution in [3.05, 3.63) is 29.8 Å². The normalized spacial score (nSPS) is 13.5. The molecule has 0 aliphatic rings. The second-order valence-electron chi connectivity index (χ2n) is 3.68. The third-order valence-electron chi connectivity index (χ3n) is 2.56. The van der Waals surface area contributed by atoms with E-state index in [1.165, 1.54) is 5.56 Å². The van der Waals surface area contributed by atoms with E-state index in [1.54, 1.807) is 0 Å². The minimum Gasteiger partial charge on any atom is -0.409 e. The summed E-state index contributed by atoms with van der Waals surface area (Å²) in [5.41, 5.74) is 7.84. The van der Waals surface area contributed by atoms with Gasteiger partial charge in [0, 0.05) is 5.69 Å². The Kier molecular flexibility index (Phi) is 4.64. The molecule has 1 rings (SSSR count). The number of hydrogen-bond donors (Lipinski definition) is 3. The van der Waals surface area contributed by atoms with Crippen molar-refractivity contribution in [2.24, 2.45) is 10.9 Å². The number of nitrogens with one attached hydrogen (secondary N) is 1. The van der Waals surface area contributed by atoms with E-state index in [0.717, 1.165) is 18.5 Å². The van der Waals surface area contributed by atoms with Gasteiger partial charge in [0.1, 0.15) is 0 Å². The van der Waals surface area contributed by atoms with Gasteiger partial charge < -0.3 is 16.3 Å². The van der Waals surface area contributed by atoms with E-state index in [-0.39, 0.29) is 11.9 Å². The highest BCUT2D eigenvalue weighted by molar-refractivity contribution is 5.87. The molecule has 88 valence electrons. The number of anilines is 1. The van der Waals surface area contributed by atoms with Crippen molar-refractivity contribution >= 4 is 11.5 Å². The summed E-state index contributed by atoms with van der Waals surface area (Å²) in [6, 6.07) is 8.01. The molecular formula is C12H19N3O. The van der Waals surface area contributed by atoms with Crippen LogP contribution < -0.4 is 11.1 Å². The molecule has 0 amide bonds. The molecule has 0 aromatic heterocycles. The van der Waals surface area contributed by atoms with Gasteiger partial charge in [0.2, 0.25) is 0 Å². The van der Waals surface area contributed by atoms with Crippen molar-refractivity contribution in [3.8, 4) is 0 Å². The Hall–Kier alpha value is -1.71. The topological polar surface area (TPSA) is 70.6 Å². The van der Waals surface area contributed by atoms with Crippen LogP contribution in [0.1, 0.15) is 25.8 Å². The van der Waals surface area contributed by atoms with Crippen LogP contribution in [-0.2, 0) is 6.42 Å². The molecule has 0 bridgehead atoms. The molecule has 4 heteroatoms. The molecule has 0 aliphatic heterocycles. The third kappa shape index (κ3) is 3.15. The molecular weight excluding hydrogens is 202 g/mol. The van der Waals surface area contributed by atoms with Gasteiger partial charge in [-0.15, -0.1) is 0 Å². The highest BCUT2D eigenvalue weighted by Gasteiger charge is 2.10. The summed E-state index contributed by atoms with van der Waals surface area (Å²) in [5.74, 6) is 0.212. The average Bonchev–Trinajstić information content (AvgIpc) is 2.35. The largest absolute Gasteiger partial charge is 0.409 e. The highest BCUT2D eigenvalue weighted by Crippen LogP contribution is 2.13. The molecule has 0 radical (unpaired) electrons. The third-order valence-corrected chi connectivity index (χ3v) is 2.56. The van der Waals surface area contributed by atoms with Gasteiger partial charge in [-0.2, -0.15) is 0 Å². The van der Waals surface area contributed by atoms with Gasteiger partial charge >= 0.3 is 0 Å². The Morgan fingerprint density at radius 3 is 2.81 bits per heavy atom. The maximum Gasteiger partial charge on any atom is 0.161 e. The Bertz CT molecular complexity index is 363. The number of rotatable bonds is 5. The molecule has 1 aromatic rings. The van der Waals surface area contributed by atoms with Gasteiger partial charge in [0.25, 0.3) is 0 Å². The van der Waals surface area contributed by atoms with Gasteiger partial charge in [-0.3, -0.25) is 0 Å². The molecule has 4 nitrogen and oxygen atoms in total. The maximum atomic E-state index is 8.64. The van der Waals surface area contributed by atoms with Gasteiger partial charge in [-0.05, 0) is 30.5 Å². The number of nitrogens with two attached hydrogens (primary N) is 1. The molecule has 0 spiro atoms. The number of benzene rings is 1. The van der Waals surface area contributed by atoms with Crippen molar-refractivity contribution in [1.82, 2.24) is 0 Å². The van der Waals surface area contributed by atoms with Crippen molar-refractivity contribution in [2.75, 3.05) is 5.32 Å². The fraction of sp³-hybridized carbons (Fsp3) is 0.417. The van der Waals surface area contributed by atoms with Crippen LogP contribution in [0.4, 0.5) is 5.69 Å². The summed E-state index contributed by atoms with van der Waals surface area (Å²) in [7, 11) is 0. The van der Waals surface area contributed by atoms with Crippen LogP contribution in [0.15, 0.2) is 29.4 Å². The van der Waals surface area contributed by atoms with Crippen molar-refractivity contribution in [1.29, 1.82) is 0 Å². The Morgan fingerprint density at radius 2 is 2.25 bits per heavy atom. The first-order chi connectivity index (χ1) is 7.71. The van der Waals surface area contributed by atoms with E-state index in [2.05, 4.69) is 29.5 Å². The summed E-state index contributed by atoms with van der Waals surface area (Å²) in [6.45, 7) is 4.10. The first-order valence-electron chi connectivity index (χ1n) is 5.54. The lowest BCUT2D eigenvalue weighted by Crippen LogP contribution is -2.35. The number of hydrogen-bond acceptors (Lipinski definition) is 3. The molecule has 0 fully saturated rings. The molecule has 16 heavy (non-hydrogen) atoms. The summed E-state index contributed by atoms with van der Waals surface area (Å²) in [6.07, 6.45) is 1.77. The zero-order valence-corrected chi connectivity index (χ0v) is 9.77. The molecule has 1 aromatic carbocycles. The standard InChI is InChI=1S/C12H19N3O/c1-3-9-6-5-7-10(8-9)14-11(4-2)12(13)15-16/h5-8,11,14,16H,3-4H2,1-2H3,(H2,13,15). The van der Waals surface area contributed by atoms with Crippen LogP contribution in [-0.4, -0.2) is 17.1 Å². The zero-order valence-electron chi connectivity index (χ0n) is 9.77. The van der Waals surface area contributed by atoms with E-state index < -0.39 is 0 Å². The fourth-order valence-corrected chi connectivity index (χ4v) is 1.54. The predicted molar refractivity (Wildman–Crippen MR) is 66.9 cm³/mol. The van der Waals surface area contributed by atoms with Gasteiger partial charge in [0.05, 0.1) is 6.04 Å². The highest BCUT2D eigenvalue weighted by atomic mass is 16.4. The molecule has 0 aliphatic carbocycles. The van der Waals surface area contributed by atoms with Gasteiger partial charge in [-0.1, -0.05) is 31.1 Å². The quantitative estimate of drug-likeness (QED) is 0.309. The Balaban J connectivity index is 2.77.